The number of aromatic hydroxyl groups is 1. The van der Waals surface area contributed by atoms with E-state index < -0.39 is 18.2 Å². The highest BCUT2D eigenvalue weighted by Gasteiger charge is 2.26. The van der Waals surface area contributed by atoms with Gasteiger partial charge in [0.1, 0.15) is 12.4 Å². The van der Waals surface area contributed by atoms with Crippen molar-refractivity contribution in [3.05, 3.63) is 23.8 Å². The number of hydrogen-bond acceptors (Lipinski definition) is 7. The molecule has 8 heteroatoms. The van der Waals surface area contributed by atoms with Gasteiger partial charge in [-0.2, -0.15) is 0 Å². The van der Waals surface area contributed by atoms with E-state index in [1.54, 1.807) is 19.1 Å². The number of carboxylic acids is 1. The standard InChI is InChI=1S/C10H13NO3.C6H10O4.2C2H6/c1-2-10(13)14-6-7-3-4-9(12)8(11)5-7;7-4-1-2-10-5(3-4)6(8)9;2*1-2/h3-5,12H,2,6,11H2,1H3;4-5,7H,1-3H2,(H,8,9);2*1-2H3. The highest BCUT2D eigenvalue weighted by molar-refractivity contribution is 5.72. The van der Waals surface area contributed by atoms with Gasteiger partial charge in [0.15, 0.2) is 6.10 Å². The third-order valence-corrected chi connectivity index (χ3v) is 3.31. The summed E-state index contributed by atoms with van der Waals surface area (Å²) in [4.78, 5) is 21.1. The van der Waals surface area contributed by atoms with Crippen molar-refractivity contribution in [3.8, 4) is 5.75 Å². The lowest BCUT2D eigenvalue weighted by Gasteiger charge is -2.22. The normalized spacial score (nSPS) is 17.4. The number of benzene rings is 1. The Hall–Kier alpha value is -2.32. The maximum atomic E-state index is 10.8. The maximum Gasteiger partial charge on any atom is 0.332 e. The van der Waals surface area contributed by atoms with Crippen molar-refractivity contribution in [2.75, 3.05) is 12.3 Å². The number of ether oxygens (including phenoxy) is 2. The Labute approximate surface area is 167 Å². The number of phenols is 1. The second kappa shape index (κ2) is 16.8. The minimum absolute atomic E-state index is 0.0376. The molecule has 2 atom stereocenters. The van der Waals surface area contributed by atoms with Crippen LogP contribution in [0.2, 0.25) is 0 Å². The van der Waals surface area contributed by atoms with Crippen molar-refractivity contribution in [1.29, 1.82) is 0 Å². The third kappa shape index (κ3) is 12.1. The number of carboxylic acid groups (broad SMARTS) is 1. The minimum atomic E-state index is -0.987. The summed E-state index contributed by atoms with van der Waals surface area (Å²) in [5.41, 5.74) is 6.52. The van der Waals surface area contributed by atoms with E-state index in [4.69, 9.17) is 30.5 Å². The first kappa shape index (κ1) is 27.9. The van der Waals surface area contributed by atoms with Gasteiger partial charge in [-0.15, -0.1) is 0 Å². The van der Waals surface area contributed by atoms with Gasteiger partial charge in [-0.05, 0) is 24.1 Å². The zero-order valence-corrected chi connectivity index (χ0v) is 17.5. The molecule has 0 saturated carbocycles. The maximum absolute atomic E-state index is 10.8. The Morgan fingerprint density at radius 3 is 2.29 bits per heavy atom. The highest BCUT2D eigenvalue weighted by atomic mass is 16.5. The van der Waals surface area contributed by atoms with Crippen LogP contribution >= 0.6 is 0 Å². The van der Waals surface area contributed by atoms with Gasteiger partial charge in [0, 0.05) is 12.8 Å². The number of carbonyl (C=O) groups is 2. The molecule has 162 valence electrons. The summed E-state index contributed by atoms with van der Waals surface area (Å²) in [6, 6.07) is 4.72. The van der Waals surface area contributed by atoms with E-state index >= 15 is 0 Å². The molecule has 0 radical (unpaired) electrons. The molecule has 28 heavy (non-hydrogen) atoms. The van der Waals surface area contributed by atoms with E-state index in [9.17, 15) is 9.59 Å². The van der Waals surface area contributed by atoms with Crippen LogP contribution in [0.5, 0.6) is 5.75 Å². The van der Waals surface area contributed by atoms with Gasteiger partial charge in [0.05, 0.1) is 18.4 Å². The average molecular weight is 402 g/mol. The Bertz CT molecular complexity index is 563. The molecule has 0 bridgehead atoms. The third-order valence-electron chi connectivity index (χ3n) is 3.31. The SMILES string of the molecule is CC.CC.CCC(=O)OCc1ccc(O)c(N)c1.O=C(O)C1CC(O)CCO1. The molecular formula is C20H35NO7. The van der Waals surface area contributed by atoms with Gasteiger partial charge >= 0.3 is 11.9 Å². The summed E-state index contributed by atoms with van der Waals surface area (Å²) in [7, 11) is 0. The number of carbonyl (C=O) groups excluding carboxylic acids is 1. The van der Waals surface area contributed by atoms with Gasteiger partial charge in [-0.3, -0.25) is 4.79 Å². The smallest absolute Gasteiger partial charge is 0.332 e. The summed E-state index contributed by atoms with van der Waals surface area (Å²) in [5.74, 6) is -1.20. The van der Waals surface area contributed by atoms with Crippen LogP contribution in [0.15, 0.2) is 18.2 Å². The first-order chi connectivity index (χ1) is 13.3. The Balaban J connectivity index is 0. The molecule has 1 heterocycles. The summed E-state index contributed by atoms with van der Waals surface area (Å²) in [6.45, 7) is 10.3. The second-order valence-electron chi connectivity index (χ2n) is 5.28. The molecule has 2 rings (SSSR count). The fraction of sp³-hybridized carbons (Fsp3) is 0.600. The lowest BCUT2D eigenvalue weighted by Crippen LogP contribution is -2.34. The predicted octanol–water partition coefficient (Wildman–Crippen LogP) is 3.09. The fourth-order valence-corrected chi connectivity index (χ4v) is 1.91. The number of esters is 1. The molecule has 1 aliphatic rings. The van der Waals surface area contributed by atoms with E-state index in [0.29, 0.717) is 19.4 Å². The molecule has 0 spiro atoms. The van der Waals surface area contributed by atoms with E-state index in [1.165, 1.54) is 6.07 Å². The van der Waals surface area contributed by atoms with E-state index in [0.717, 1.165) is 5.56 Å². The Morgan fingerprint density at radius 1 is 1.25 bits per heavy atom. The zero-order valence-electron chi connectivity index (χ0n) is 17.5. The number of aliphatic hydroxyl groups is 1. The first-order valence-electron chi connectivity index (χ1n) is 9.59. The molecule has 5 N–H and O–H groups in total. The van der Waals surface area contributed by atoms with Crippen molar-refractivity contribution in [2.45, 2.75) is 72.7 Å². The monoisotopic (exact) mass is 401 g/mol. The average Bonchev–Trinajstić information content (AvgIpc) is 2.72. The van der Waals surface area contributed by atoms with Crippen LogP contribution in [0.3, 0.4) is 0 Å². The predicted molar refractivity (Wildman–Crippen MR) is 108 cm³/mol. The van der Waals surface area contributed by atoms with Crippen molar-refractivity contribution >= 4 is 17.6 Å². The minimum Gasteiger partial charge on any atom is -0.506 e. The highest BCUT2D eigenvalue weighted by Crippen LogP contribution is 2.20. The summed E-state index contributed by atoms with van der Waals surface area (Å²) in [5, 5.41) is 26.5. The van der Waals surface area contributed by atoms with Gasteiger partial charge < -0.3 is 30.5 Å². The molecule has 0 aromatic heterocycles. The quantitative estimate of drug-likeness (QED) is 0.343. The van der Waals surface area contributed by atoms with Crippen molar-refractivity contribution in [1.82, 2.24) is 0 Å². The molecule has 2 unspecified atom stereocenters. The zero-order chi connectivity index (χ0) is 22.1. The molecule has 1 aliphatic heterocycles. The van der Waals surface area contributed by atoms with Crippen molar-refractivity contribution in [2.24, 2.45) is 0 Å². The first-order valence-corrected chi connectivity index (χ1v) is 9.59. The van der Waals surface area contributed by atoms with Gasteiger partial charge in [0.2, 0.25) is 0 Å². The van der Waals surface area contributed by atoms with E-state index in [-0.39, 0.29) is 30.4 Å². The summed E-state index contributed by atoms with van der Waals surface area (Å²) < 4.78 is 9.75. The number of hydrogen-bond donors (Lipinski definition) is 4. The molecule has 0 amide bonds. The van der Waals surface area contributed by atoms with Crippen LogP contribution in [0, 0.1) is 0 Å². The molecule has 1 aromatic carbocycles. The van der Waals surface area contributed by atoms with Crippen LogP contribution < -0.4 is 5.73 Å². The number of aliphatic carboxylic acids is 1. The van der Waals surface area contributed by atoms with Gasteiger partial charge in [-0.25, -0.2) is 4.79 Å². The molecule has 8 nitrogen and oxygen atoms in total. The van der Waals surface area contributed by atoms with Crippen LogP contribution in [0.4, 0.5) is 5.69 Å². The molecule has 1 aromatic rings. The van der Waals surface area contributed by atoms with Gasteiger partial charge in [0.25, 0.3) is 0 Å². The topological polar surface area (TPSA) is 139 Å². The van der Waals surface area contributed by atoms with Crippen LogP contribution in [0.1, 0.15) is 59.4 Å². The lowest BCUT2D eigenvalue weighted by molar-refractivity contribution is -0.157. The summed E-state index contributed by atoms with van der Waals surface area (Å²) >= 11 is 0. The number of aliphatic hydroxyl groups excluding tert-OH is 1. The Morgan fingerprint density at radius 2 is 1.86 bits per heavy atom. The number of rotatable bonds is 4. The van der Waals surface area contributed by atoms with E-state index in [1.807, 2.05) is 27.7 Å². The largest absolute Gasteiger partial charge is 0.506 e. The van der Waals surface area contributed by atoms with Crippen LogP contribution in [0.25, 0.3) is 0 Å². The molecular weight excluding hydrogens is 366 g/mol. The number of anilines is 1. The van der Waals surface area contributed by atoms with Crippen molar-refractivity contribution < 1.29 is 34.4 Å². The van der Waals surface area contributed by atoms with Crippen LogP contribution in [-0.2, 0) is 25.7 Å². The van der Waals surface area contributed by atoms with Crippen LogP contribution in [-0.4, -0.2) is 46.1 Å². The number of nitrogen functional groups attached to an aromatic ring is 1. The molecule has 0 aliphatic carbocycles. The number of phenolic OH excluding ortho intramolecular Hbond substituents is 1. The Kier molecular flexibility index (Phi) is 16.8. The number of nitrogens with two attached hydrogens (primary N) is 1. The summed E-state index contributed by atoms with van der Waals surface area (Å²) in [6.07, 6.45) is -0.189. The van der Waals surface area contributed by atoms with E-state index in [2.05, 4.69) is 0 Å². The van der Waals surface area contributed by atoms with Crippen molar-refractivity contribution in [3.63, 3.8) is 0 Å². The fourth-order valence-electron chi connectivity index (χ4n) is 1.91. The lowest BCUT2D eigenvalue weighted by atomic mass is 10.1. The molecule has 1 saturated heterocycles. The second-order valence-corrected chi connectivity index (χ2v) is 5.28. The van der Waals surface area contributed by atoms with Gasteiger partial charge in [-0.1, -0.05) is 40.7 Å². The molecule has 1 fully saturated rings.